The Morgan fingerprint density at radius 1 is 0.824 bits per heavy atom. The first kappa shape index (κ1) is 10.5. The van der Waals surface area contributed by atoms with Gasteiger partial charge in [0.05, 0.1) is 5.52 Å². The van der Waals surface area contributed by atoms with Gasteiger partial charge in [-0.2, -0.15) is 0 Å². The number of rotatable bonds is 1. The molecule has 0 spiro atoms. The van der Waals surface area contributed by atoms with Crippen molar-refractivity contribution >= 4 is 26.8 Å². The summed E-state index contributed by atoms with van der Waals surface area (Å²) < 4.78 is 1.08. The van der Waals surface area contributed by atoms with Gasteiger partial charge in [0.25, 0.3) is 0 Å². The molecule has 0 amide bonds. The number of aromatic nitrogens is 1. The van der Waals surface area contributed by atoms with Crippen molar-refractivity contribution in [2.45, 2.75) is 0 Å². The van der Waals surface area contributed by atoms with E-state index in [2.05, 4.69) is 63.4 Å². The Balaban J connectivity index is 2.23. The Bertz CT molecular complexity index is 662. The number of hydrogen-bond acceptors (Lipinski definition) is 1. The third-order valence-corrected chi connectivity index (χ3v) is 3.49. The number of benzene rings is 2. The first-order valence-electron chi connectivity index (χ1n) is 5.44. The van der Waals surface area contributed by atoms with E-state index in [4.69, 9.17) is 0 Å². The van der Waals surface area contributed by atoms with E-state index in [9.17, 15) is 0 Å². The van der Waals surface area contributed by atoms with Crippen molar-refractivity contribution in [2.24, 2.45) is 0 Å². The third kappa shape index (κ3) is 1.96. The highest BCUT2D eigenvalue weighted by Crippen LogP contribution is 2.27. The summed E-state index contributed by atoms with van der Waals surface area (Å²) in [6.45, 7) is 0. The fourth-order valence-corrected chi connectivity index (χ4v) is 2.36. The second kappa shape index (κ2) is 4.30. The van der Waals surface area contributed by atoms with Gasteiger partial charge in [0, 0.05) is 16.1 Å². The highest BCUT2D eigenvalue weighted by molar-refractivity contribution is 9.10. The molecule has 1 nitrogen and oxygen atoms in total. The standard InChI is InChI=1S/C15H10BrN/c16-14-8-9-17-15-7-6-12(10-13(14)15)11-4-2-1-3-5-11/h1-10H. The van der Waals surface area contributed by atoms with E-state index >= 15 is 0 Å². The van der Waals surface area contributed by atoms with Gasteiger partial charge in [-0.3, -0.25) is 4.98 Å². The van der Waals surface area contributed by atoms with Gasteiger partial charge >= 0.3 is 0 Å². The molecule has 0 aliphatic carbocycles. The maximum absolute atomic E-state index is 4.35. The van der Waals surface area contributed by atoms with E-state index in [1.54, 1.807) is 0 Å². The molecule has 0 radical (unpaired) electrons. The Hall–Kier alpha value is -1.67. The summed E-state index contributed by atoms with van der Waals surface area (Å²) in [5.74, 6) is 0. The van der Waals surface area contributed by atoms with Gasteiger partial charge in [-0.05, 0) is 29.3 Å². The van der Waals surface area contributed by atoms with E-state index in [1.807, 2.05) is 18.3 Å². The monoisotopic (exact) mass is 283 g/mol. The lowest BCUT2D eigenvalue weighted by Crippen LogP contribution is -1.82. The largest absolute Gasteiger partial charge is 0.256 e. The maximum Gasteiger partial charge on any atom is 0.0713 e. The van der Waals surface area contributed by atoms with Gasteiger partial charge in [-0.15, -0.1) is 0 Å². The van der Waals surface area contributed by atoms with E-state index in [1.165, 1.54) is 11.1 Å². The lowest BCUT2D eigenvalue weighted by Gasteiger charge is -2.04. The average Bonchev–Trinajstić information content (AvgIpc) is 2.40. The summed E-state index contributed by atoms with van der Waals surface area (Å²) in [5, 5.41) is 1.15. The van der Waals surface area contributed by atoms with Crippen molar-refractivity contribution < 1.29 is 0 Å². The van der Waals surface area contributed by atoms with Crippen LogP contribution in [0.2, 0.25) is 0 Å². The summed E-state index contributed by atoms with van der Waals surface area (Å²) in [7, 11) is 0. The fourth-order valence-electron chi connectivity index (χ4n) is 1.92. The van der Waals surface area contributed by atoms with Gasteiger partial charge in [-0.1, -0.05) is 52.3 Å². The van der Waals surface area contributed by atoms with E-state index in [-0.39, 0.29) is 0 Å². The van der Waals surface area contributed by atoms with Crippen LogP contribution in [0.15, 0.2) is 65.3 Å². The number of halogens is 1. The summed E-state index contributed by atoms with van der Waals surface area (Å²) in [6, 6.07) is 18.7. The molecule has 2 heteroatoms. The molecule has 3 rings (SSSR count). The van der Waals surface area contributed by atoms with Crippen LogP contribution >= 0.6 is 15.9 Å². The molecule has 0 saturated carbocycles. The fraction of sp³-hybridized carbons (Fsp3) is 0. The predicted octanol–water partition coefficient (Wildman–Crippen LogP) is 4.66. The molecule has 0 fully saturated rings. The SMILES string of the molecule is Brc1ccnc2ccc(-c3ccccc3)cc12. The molecule has 1 aromatic heterocycles. The highest BCUT2D eigenvalue weighted by atomic mass is 79.9. The number of pyridine rings is 1. The summed E-state index contributed by atoms with van der Waals surface area (Å²) in [4.78, 5) is 4.35. The molecular weight excluding hydrogens is 274 g/mol. The van der Waals surface area contributed by atoms with Crippen LogP contribution in [0.25, 0.3) is 22.0 Å². The summed E-state index contributed by atoms with van der Waals surface area (Å²) >= 11 is 3.56. The van der Waals surface area contributed by atoms with Crippen LogP contribution in [0.1, 0.15) is 0 Å². The molecule has 2 aromatic carbocycles. The van der Waals surface area contributed by atoms with Crippen molar-refractivity contribution in [1.29, 1.82) is 0 Å². The molecule has 0 aliphatic heterocycles. The van der Waals surface area contributed by atoms with Crippen molar-refractivity contribution in [3.8, 4) is 11.1 Å². The normalized spacial score (nSPS) is 10.6. The number of hydrogen-bond donors (Lipinski definition) is 0. The van der Waals surface area contributed by atoms with Crippen LogP contribution < -0.4 is 0 Å². The van der Waals surface area contributed by atoms with Crippen LogP contribution in [0.4, 0.5) is 0 Å². The van der Waals surface area contributed by atoms with E-state index in [0.717, 1.165) is 15.4 Å². The second-order valence-electron chi connectivity index (χ2n) is 3.89. The smallest absolute Gasteiger partial charge is 0.0713 e. The molecule has 82 valence electrons. The Labute approximate surface area is 108 Å². The molecule has 0 atom stereocenters. The minimum atomic E-state index is 1.01. The van der Waals surface area contributed by atoms with Crippen LogP contribution in [-0.2, 0) is 0 Å². The zero-order chi connectivity index (χ0) is 11.7. The number of nitrogens with zero attached hydrogens (tertiary/aromatic N) is 1. The predicted molar refractivity (Wildman–Crippen MR) is 74.9 cm³/mol. The van der Waals surface area contributed by atoms with Crippen molar-refractivity contribution in [3.05, 3.63) is 65.3 Å². The molecule has 0 bridgehead atoms. The van der Waals surface area contributed by atoms with Crippen molar-refractivity contribution in [3.63, 3.8) is 0 Å². The lowest BCUT2D eigenvalue weighted by atomic mass is 10.0. The van der Waals surface area contributed by atoms with Gasteiger partial charge in [0.2, 0.25) is 0 Å². The van der Waals surface area contributed by atoms with Crippen LogP contribution in [0, 0.1) is 0 Å². The molecule has 0 N–H and O–H groups in total. The maximum atomic E-state index is 4.35. The average molecular weight is 284 g/mol. The van der Waals surface area contributed by atoms with E-state index in [0.29, 0.717) is 0 Å². The molecule has 3 aromatic rings. The molecular formula is C15H10BrN. The van der Waals surface area contributed by atoms with Gasteiger partial charge in [-0.25, -0.2) is 0 Å². The molecule has 17 heavy (non-hydrogen) atoms. The quantitative estimate of drug-likeness (QED) is 0.633. The minimum absolute atomic E-state index is 1.01. The molecule has 0 aliphatic rings. The van der Waals surface area contributed by atoms with Crippen molar-refractivity contribution in [2.75, 3.05) is 0 Å². The Morgan fingerprint density at radius 2 is 1.65 bits per heavy atom. The molecule has 0 saturated heterocycles. The van der Waals surface area contributed by atoms with E-state index < -0.39 is 0 Å². The Kier molecular flexibility index (Phi) is 2.65. The topological polar surface area (TPSA) is 12.9 Å². The molecule has 0 unspecified atom stereocenters. The second-order valence-corrected chi connectivity index (χ2v) is 4.75. The first-order valence-corrected chi connectivity index (χ1v) is 6.23. The van der Waals surface area contributed by atoms with Gasteiger partial charge in [0.1, 0.15) is 0 Å². The minimum Gasteiger partial charge on any atom is -0.256 e. The molecule has 1 heterocycles. The third-order valence-electron chi connectivity index (χ3n) is 2.80. The van der Waals surface area contributed by atoms with Gasteiger partial charge < -0.3 is 0 Å². The summed E-state index contributed by atoms with van der Waals surface area (Å²) in [6.07, 6.45) is 1.81. The van der Waals surface area contributed by atoms with Crippen LogP contribution in [0.3, 0.4) is 0 Å². The van der Waals surface area contributed by atoms with Crippen LogP contribution in [-0.4, -0.2) is 4.98 Å². The first-order chi connectivity index (χ1) is 8.34. The lowest BCUT2D eigenvalue weighted by molar-refractivity contribution is 1.40. The van der Waals surface area contributed by atoms with Gasteiger partial charge in [0.15, 0.2) is 0 Å². The highest BCUT2D eigenvalue weighted by Gasteiger charge is 2.02. The summed E-state index contributed by atoms with van der Waals surface area (Å²) in [5.41, 5.74) is 3.45. The zero-order valence-corrected chi connectivity index (χ0v) is 10.7. The van der Waals surface area contributed by atoms with Crippen molar-refractivity contribution in [1.82, 2.24) is 4.98 Å². The Morgan fingerprint density at radius 3 is 2.47 bits per heavy atom. The number of fused-ring (bicyclic) bond motifs is 1. The van der Waals surface area contributed by atoms with Crippen LogP contribution in [0.5, 0.6) is 0 Å². The zero-order valence-electron chi connectivity index (χ0n) is 9.10.